The SMILES string of the molecule is C=C/C=C\C(=C/C)c1ccc(OCc2cc(S(=O)NC)oc2C)cc1. The van der Waals surface area contributed by atoms with Crippen molar-refractivity contribution in [1.29, 1.82) is 0 Å². The summed E-state index contributed by atoms with van der Waals surface area (Å²) in [7, 11) is 0.288. The fourth-order valence-corrected chi connectivity index (χ4v) is 2.91. The van der Waals surface area contributed by atoms with E-state index in [2.05, 4.69) is 11.3 Å². The third kappa shape index (κ3) is 5.05. The molecule has 25 heavy (non-hydrogen) atoms. The van der Waals surface area contributed by atoms with Crippen molar-refractivity contribution in [3.05, 3.63) is 78.1 Å². The zero-order chi connectivity index (χ0) is 18.2. The molecule has 0 aliphatic heterocycles. The van der Waals surface area contributed by atoms with E-state index in [0.717, 1.165) is 22.4 Å². The van der Waals surface area contributed by atoms with Crippen LogP contribution < -0.4 is 9.46 Å². The van der Waals surface area contributed by atoms with E-state index >= 15 is 0 Å². The van der Waals surface area contributed by atoms with Gasteiger partial charge in [0.05, 0.1) is 0 Å². The zero-order valence-corrected chi connectivity index (χ0v) is 15.6. The molecule has 0 amide bonds. The highest BCUT2D eigenvalue weighted by molar-refractivity contribution is 7.82. The summed E-state index contributed by atoms with van der Waals surface area (Å²) in [5, 5.41) is 0.403. The Labute approximate surface area is 151 Å². The molecule has 0 spiro atoms. The predicted octanol–water partition coefficient (Wildman–Crippen LogP) is 4.55. The molecule has 0 fully saturated rings. The molecule has 0 aliphatic carbocycles. The highest BCUT2D eigenvalue weighted by atomic mass is 32.2. The molecule has 1 N–H and O–H groups in total. The number of hydrogen-bond donors (Lipinski definition) is 1. The van der Waals surface area contributed by atoms with Crippen molar-refractivity contribution in [3.8, 4) is 5.75 Å². The van der Waals surface area contributed by atoms with Gasteiger partial charge in [-0.1, -0.05) is 43.0 Å². The highest BCUT2D eigenvalue weighted by Crippen LogP contribution is 2.22. The summed E-state index contributed by atoms with van der Waals surface area (Å²) in [5.41, 5.74) is 3.11. The first-order valence-electron chi connectivity index (χ1n) is 7.96. The van der Waals surface area contributed by atoms with Gasteiger partial charge in [0.15, 0.2) is 11.0 Å². The molecule has 2 rings (SSSR count). The average Bonchev–Trinajstić information content (AvgIpc) is 3.01. The van der Waals surface area contributed by atoms with E-state index < -0.39 is 11.0 Å². The van der Waals surface area contributed by atoms with E-state index in [9.17, 15) is 4.21 Å². The minimum Gasteiger partial charge on any atom is -0.489 e. The third-order valence-electron chi connectivity index (χ3n) is 3.67. The lowest BCUT2D eigenvalue weighted by Crippen LogP contribution is -2.09. The highest BCUT2D eigenvalue weighted by Gasteiger charge is 2.12. The maximum Gasteiger partial charge on any atom is 0.206 e. The van der Waals surface area contributed by atoms with Crippen molar-refractivity contribution in [3.63, 3.8) is 0 Å². The van der Waals surface area contributed by atoms with Crippen molar-refractivity contribution in [2.24, 2.45) is 0 Å². The molecule has 0 saturated carbocycles. The fraction of sp³-hybridized carbons (Fsp3) is 0.200. The Morgan fingerprint density at radius 1 is 1.36 bits per heavy atom. The number of aryl methyl sites for hydroxylation is 1. The van der Waals surface area contributed by atoms with E-state index in [0.29, 0.717) is 17.5 Å². The van der Waals surface area contributed by atoms with E-state index in [1.807, 2.05) is 56.3 Å². The summed E-state index contributed by atoms with van der Waals surface area (Å²) in [4.78, 5) is 0. The first-order valence-corrected chi connectivity index (χ1v) is 9.11. The van der Waals surface area contributed by atoms with Gasteiger partial charge in [0.1, 0.15) is 18.1 Å². The van der Waals surface area contributed by atoms with Gasteiger partial charge in [0.25, 0.3) is 0 Å². The van der Waals surface area contributed by atoms with Gasteiger partial charge < -0.3 is 9.15 Å². The minimum absolute atomic E-state index is 0.364. The van der Waals surface area contributed by atoms with Crippen molar-refractivity contribution in [1.82, 2.24) is 4.72 Å². The van der Waals surface area contributed by atoms with Gasteiger partial charge in [0.2, 0.25) is 5.09 Å². The summed E-state index contributed by atoms with van der Waals surface area (Å²) >= 11 is 0. The fourth-order valence-electron chi connectivity index (χ4n) is 2.26. The summed E-state index contributed by atoms with van der Waals surface area (Å²) in [5.74, 6) is 1.48. The van der Waals surface area contributed by atoms with Crippen molar-refractivity contribution in [2.75, 3.05) is 7.05 Å². The molecular formula is C20H23NO3S. The van der Waals surface area contributed by atoms with Gasteiger partial charge in [-0.25, -0.2) is 8.93 Å². The molecule has 1 atom stereocenters. The Morgan fingerprint density at radius 3 is 2.68 bits per heavy atom. The third-order valence-corrected chi connectivity index (χ3v) is 4.61. The molecular weight excluding hydrogens is 334 g/mol. The second-order valence-corrected chi connectivity index (χ2v) is 6.62. The van der Waals surface area contributed by atoms with Crippen molar-refractivity contribution in [2.45, 2.75) is 25.5 Å². The number of furan rings is 1. The smallest absolute Gasteiger partial charge is 0.206 e. The van der Waals surface area contributed by atoms with Gasteiger partial charge in [-0.3, -0.25) is 0 Å². The molecule has 5 heteroatoms. The molecule has 1 aromatic heterocycles. The molecule has 1 aromatic carbocycles. The van der Waals surface area contributed by atoms with Gasteiger partial charge in [-0.15, -0.1) is 0 Å². The van der Waals surface area contributed by atoms with E-state index in [4.69, 9.17) is 9.15 Å². The second-order valence-electron chi connectivity index (χ2n) is 5.27. The largest absolute Gasteiger partial charge is 0.489 e. The molecule has 132 valence electrons. The normalized spacial score (nSPS) is 13.2. The molecule has 0 saturated heterocycles. The van der Waals surface area contributed by atoms with Crippen molar-refractivity contribution >= 4 is 16.6 Å². The Hall–Kier alpha value is -2.37. The molecule has 0 aliphatic rings. The van der Waals surface area contributed by atoms with Crippen LogP contribution in [-0.2, 0) is 17.6 Å². The quantitative estimate of drug-likeness (QED) is 0.705. The van der Waals surface area contributed by atoms with Crippen LogP contribution in [0.25, 0.3) is 5.57 Å². The molecule has 4 nitrogen and oxygen atoms in total. The Balaban J connectivity index is 2.05. The summed E-state index contributed by atoms with van der Waals surface area (Å²) in [6.45, 7) is 7.89. The number of ether oxygens (including phenoxy) is 1. The lowest BCUT2D eigenvalue weighted by atomic mass is 10.1. The maximum atomic E-state index is 11.7. The first-order chi connectivity index (χ1) is 12.1. The van der Waals surface area contributed by atoms with Crippen LogP contribution in [0.3, 0.4) is 0 Å². The summed E-state index contributed by atoms with van der Waals surface area (Å²) in [6, 6.07) is 9.66. The van der Waals surface area contributed by atoms with Crippen LogP contribution in [0, 0.1) is 6.92 Å². The maximum absolute atomic E-state index is 11.7. The van der Waals surface area contributed by atoms with Crippen LogP contribution in [0.2, 0.25) is 0 Å². The van der Waals surface area contributed by atoms with E-state index in [1.54, 1.807) is 19.2 Å². The van der Waals surface area contributed by atoms with Gasteiger partial charge in [-0.05, 0) is 44.2 Å². The molecule has 1 heterocycles. The van der Waals surface area contributed by atoms with Crippen LogP contribution in [0.4, 0.5) is 0 Å². The van der Waals surface area contributed by atoms with Crippen LogP contribution in [0.15, 0.2) is 70.7 Å². The van der Waals surface area contributed by atoms with Crippen LogP contribution in [-0.4, -0.2) is 11.3 Å². The number of benzene rings is 1. The lowest BCUT2D eigenvalue weighted by molar-refractivity contribution is 0.302. The molecule has 1 unspecified atom stereocenters. The zero-order valence-electron chi connectivity index (χ0n) is 14.7. The predicted molar refractivity (Wildman–Crippen MR) is 103 cm³/mol. The van der Waals surface area contributed by atoms with Gasteiger partial charge in [0, 0.05) is 11.6 Å². The Morgan fingerprint density at radius 2 is 2.08 bits per heavy atom. The van der Waals surface area contributed by atoms with Crippen LogP contribution in [0.5, 0.6) is 5.75 Å². The minimum atomic E-state index is -1.33. The monoisotopic (exact) mass is 357 g/mol. The molecule has 2 aromatic rings. The lowest BCUT2D eigenvalue weighted by Gasteiger charge is -2.07. The summed E-state index contributed by atoms with van der Waals surface area (Å²) in [6.07, 6.45) is 7.73. The van der Waals surface area contributed by atoms with E-state index in [-0.39, 0.29) is 0 Å². The molecule has 0 bridgehead atoms. The van der Waals surface area contributed by atoms with Gasteiger partial charge >= 0.3 is 0 Å². The number of hydrogen-bond acceptors (Lipinski definition) is 3. The number of allylic oxidation sites excluding steroid dienone is 5. The molecule has 0 radical (unpaired) electrons. The van der Waals surface area contributed by atoms with E-state index in [1.165, 1.54) is 0 Å². The standard InChI is InChI=1S/C20H23NO3S/c1-5-7-8-16(6-2)17-9-11-19(12-10-17)23-14-18-13-20(24-15(18)3)25(22)21-4/h5-13,21H,1,14H2,2-4H3/b8-7-,16-6+. The van der Waals surface area contributed by atoms with Gasteiger partial charge in [-0.2, -0.15) is 0 Å². The van der Waals surface area contributed by atoms with Crippen LogP contribution >= 0.6 is 0 Å². The van der Waals surface area contributed by atoms with Crippen molar-refractivity contribution < 1.29 is 13.4 Å². The number of nitrogens with one attached hydrogen (secondary N) is 1. The Kier molecular flexibility index (Phi) is 6.98. The van der Waals surface area contributed by atoms with Crippen LogP contribution in [0.1, 0.15) is 23.8 Å². The second kappa shape index (κ2) is 9.20. The number of rotatable bonds is 8. The average molecular weight is 357 g/mol. The first kappa shape index (κ1) is 19.0. The topological polar surface area (TPSA) is 51.5 Å². The Bertz CT molecular complexity index is 801. The summed E-state index contributed by atoms with van der Waals surface area (Å²) < 4.78 is 25.7.